The van der Waals surface area contributed by atoms with E-state index in [-0.39, 0.29) is 5.92 Å². The van der Waals surface area contributed by atoms with E-state index in [4.69, 9.17) is 5.73 Å². The zero-order valence-electron chi connectivity index (χ0n) is 6.33. The normalized spacial score (nSPS) is 18.0. The van der Waals surface area contributed by atoms with Crippen molar-refractivity contribution in [1.82, 2.24) is 4.90 Å². The van der Waals surface area contributed by atoms with Crippen molar-refractivity contribution in [2.45, 2.75) is 13.2 Å². The number of nitrogens with zero attached hydrogens (tertiary/aromatic N) is 1. The van der Waals surface area contributed by atoms with Crippen LogP contribution in [0.5, 0.6) is 0 Å². The Bertz CT molecular complexity index is 75.5. The first kappa shape index (κ1) is 8.88. The number of hydrogen-bond donors (Lipinski definition) is 2. The SMILES string of the molecule is CC(CN)C(O)N(C)C. The van der Waals surface area contributed by atoms with Crippen molar-refractivity contribution in [3.05, 3.63) is 0 Å². The molecular weight excluding hydrogens is 116 g/mol. The van der Waals surface area contributed by atoms with Crippen molar-refractivity contribution in [3.63, 3.8) is 0 Å². The minimum absolute atomic E-state index is 0.153. The van der Waals surface area contributed by atoms with Crippen molar-refractivity contribution in [1.29, 1.82) is 0 Å². The van der Waals surface area contributed by atoms with Gasteiger partial charge in [-0.1, -0.05) is 6.92 Å². The molecule has 56 valence electrons. The molecule has 0 rings (SSSR count). The predicted octanol–water partition coefficient (Wildman–Crippen LogP) is -0.539. The summed E-state index contributed by atoms with van der Waals surface area (Å²) >= 11 is 0. The van der Waals surface area contributed by atoms with E-state index in [9.17, 15) is 5.11 Å². The van der Waals surface area contributed by atoms with Crippen LogP contribution in [-0.4, -0.2) is 36.9 Å². The fourth-order valence-corrected chi connectivity index (χ4v) is 0.631. The molecule has 0 bridgehead atoms. The lowest BCUT2D eigenvalue weighted by atomic mass is 10.1. The third-order valence-corrected chi connectivity index (χ3v) is 1.41. The number of aliphatic hydroxyl groups excluding tert-OH is 1. The van der Waals surface area contributed by atoms with Crippen LogP contribution in [0.15, 0.2) is 0 Å². The summed E-state index contributed by atoms with van der Waals surface area (Å²) in [6, 6.07) is 0. The first-order chi connectivity index (χ1) is 4.09. The van der Waals surface area contributed by atoms with Crippen molar-refractivity contribution >= 4 is 0 Å². The molecule has 3 nitrogen and oxygen atoms in total. The molecule has 0 aliphatic rings. The van der Waals surface area contributed by atoms with Gasteiger partial charge in [0.25, 0.3) is 0 Å². The Kier molecular flexibility index (Phi) is 3.77. The second kappa shape index (κ2) is 3.82. The summed E-state index contributed by atoms with van der Waals surface area (Å²) in [5.74, 6) is 0.153. The lowest BCUT2D eigenvalue weighted by Gasteiger charge is -2.23. The molecule has 0 aromatic carbocycles. The quantitative estimate of drug-likeness (QED) is 0.507. The van der Waals surface area contributed by atoms with Gasteiger partial charge in [0.1, 0.15) is 6.23 Å². The Hall–Kier alpha value is -0.120. The molecule has 0 saturated heterocycles. The lowest BCUT2D eigenvalue weighted by molar-refractivity contribution is -0.000661. The number of nitrogens with two attached hydrogens (primary N) is 1. The molecule has 2 unspecified atom stereocenters. The fourth-order valence-electron chi connectivity index (χ4n) is 0.631. The van der Waals surface area contributed by atoms with E-state index in [2.05, 4.69) is 0 Å². The molecule has 3 heteroatoms. The second-order valence-electron chi connectivity index (χ2n) is 2.59. The van der Waals surface area contributed by atoms with Crippen LogP contribution in [-0.2, 0) is 0 Å². The lowest BCUT2D eigenvalue weighted by Crippen LogP contribution is -2.37. The monoisotopic (exact) mass is 132 g/mol. The molecule has 0 saturated carbocycles. The molecular formula is C6H16N2O. The minimum atomic E-state index is -0.407. The van der Waals surface area contributed by atoms with Crippen LogP contribution in [0, 0.1) is 5.92 Å². The van der Waals surface area contributed by atoms with Crippen LogP contribution in [0.25, 0.3) is 0 Å². The van der Waals surface area contributed by atoms with E-state index in [1.165, 1.54) is 0 Å². The fraction of sp³-hybridized carbons (Fsp3) is 1.00. The van der Waals surface area contributed by atoms with E-state index in [1.807, 2.05) is 21.0 Å². The molecule has 3 N–H and O–H groups in total. The standard InChI is InChI=1S/C6H16N2O/c1-5(4-7)6(9)8(2)3/h5-6,9H,4,7H2,1-3H3. The molecule has 0 fully saturated rings. The molecule has 0 aliphatic carbocycles. The van der Waals surface area contributed by atoms with Crippen molar-refractivity contribution in [2.75, 3.05) is 20.6 Å². The van der Waals surface area contributed by atoms with Gasteiger partial charge < -0.3 is 10.8 Å². The van der Waals surface area contributed by atoms with Gasteiger partial charge in [-0.15, -0.1) is 0 Å². The second-order valence-corrected chi connectivity index (χ2v) is 2.59. The maximum absolute atomic E-state index is 9.24. The van der Waals surface area contributed by atoms with Crippen LogP contribution < -0.4 is 5.73 Å². The van der Waals surface area contributed by atoms with E-state index in [0.717, 1.165) is 0 Å². The van der Waals surface area contributed by atoms with Crippen LogP contribution >= 0.6 is 0 Å². The summed E-state index contributed by atoms with van der Waals surface area (Å²) in [5, 5.41) is 9.24. The predicted molar refractivity (Wildman–Crippen MR) is 37.9 cm³/mol. The summed E-state index contributed by atoms with van der Waals surface area (Å²) in [5.41, 5.74) is 5.32. The number of aliphatic hydroxyl groups is 1. The van der Waals surface area contributed by atoms with Crippen molar-refractivity contribution in [3.8, 4) is 0 Å². The Labute approximate surface area is 56.5 Å². The van der Waals surface area contributed by atoms with Gasteiger partial charge in [0, 0.05) is 5.92 Å². The smallest absolute Gasteiger partial charge is 0.110 e. The van der Waals surface area contributed by atoms with Gasteiger partial charge in [0.15, 0.2) is 0 Å². The first-order valence-electron chi connectivity index (χ1n) is 3.14. The third-order valence-electron chi connectivity index (χ3n) is 1.41. The third kappa shape index (κ3) is 2.79. The minimum Gasteiger partial charge on any atom is -0.378 e. The Morgan fingerprint density at radius 2 is 2.00 bits per heavy atom. The summed E-state index contributed by atoms with van der Waals surface area (Å²) in [7, 11) is 3.66. The van der Waals surface area contributed by atoms with Crippen LogP contribution in [0.4, 0.5) is 0 Å². The van der Waals surface area contributed by atoms with Gasteiger partial charge in [0.05, 0.1) is 0 Å². The molecule has 0 heterocycles. The van der Waals surface area contributed by atoms with Crippen LogP contribution in [0.1, 0.15) is 6.92 Å². The van der Waals surface area contributed by atoms with Crippen LogP contribution in [0.3, 0.4) is 0 Å². The largest absolute Gasteiger partial charge is 0.378 e. The molecule has 0 aromatic heterocycles. The number of rotatable bonds is 3. The average molecular weight is 132 g/mol. The van der Waals surface area contributed by atoms with E-state index in [1.54, 1.807) is 4.90 Å². The maximum Gasteiger partial charge on any atom is 0.110 e. The van der Waals surface area contributed by atoms with Crippen LogP contribution in [0.2, 0.25) is 0 Å². The van der Waals surface area contributed by atoms with Crippen molar-refractivity contribution < 1.29 is 5.11 Å². The highest BCUT2D eigenvalue weighted by Crippen LogP contribution is 2.01. The van der Waals surface area contributed by atoms with E-state index < -0.39 is 6.23 Å². The van der Waals surface area contributed by atoms with Gasteiger partial charge in [-0.3, -0.25) is 4.90 Å². The summed E-state index contributed by atoms with van der Waals surface area (Å²) in [4.78, 5) is 1.75. The summed E-state index contributed by atoms with van der Waals surface area (Å²) < 4.78 is 0. The highest BCUT2D eigenvalue weighted by atomic mass is 16.3. The maximum atomic E-state index is 9.24. The average Bonchev–Trinajstić information content (AvgIpc) is 1.84. The van der Waals surface area contributed by atoms with E-state index >= 15 is 0 Å². The van der Waals surface area contributed by atoms with E-state index in [0.29, 0.717) is 6.54 Å². The highest BCUT2D eigenvalue weighted by Gasteiger charge is 2.13. The summed E-state index contributed by atoms with van der Waals surface area (Å²) in [6.07, 6.45) is -0.407. The molecule has 0 radical (unpaired) electrons. The molecule has 0 amide bonds. The molecule has 0 aliphatic heterocycles. The number of hydrogen-bond acceptors (Lipinski definition) is 3. The first-order valence-corrected chi connectivity index (χ1v) is 3.14. The Morgan fingerprint density at radius 3 is 2.11 bits per heavy atom. The summed E-state index contributed by atoms with van der Waals surface area (Å²) in [6.45, 7) is 2.45. The van der Waals surface area contributed by atoms with Gasteiger partial charge in [-0.05, 0) is 20.6 Å². The topological polar surface area (TPSA) is 49.5 Å². The zero-order valence-corrected chi connectivity index (χ0v) is 6.33. The zero-order chi connectivity index (χ0) is 7.44. The molecule has 0 aromatic rings. The molecule has 0 spiro atoms. The van der Waals surface area contributed by atoms with Gasteiger partial charge in [-0.25, -0.2) is 0 Å². The highest BCUT2D eigenvalue weighted by molar-refractivity contribution is 4.61. The Balaban J connectivity index is 3.58. The van der Waals surface area contributed by atoms with Gasteiger partial charge in [-0.2, -0.15) is 0 Å². The molecule has 9 heavy (non-hydrogen) atoms. The van der Waals surface area contributed by atoms with Gasteiger partial charge in [0.2, 0.25) is 0 Å². The van der Waals surface area contributed by atoms with Crippen molar-refractivity contribution in [2.24, 2.45) is 11.7 Å². The Morgan fingerprint density at radius 1 is 1.56 bits per heavy atom. The van der Waals surface area contributed by atoms with Gasteiger partial charge >= 0.3 is 0 Å². The molecule has 2 atom stereocenters.